The van der Waals surface area contributed by atoms with Crippen LogP contribution in [0.4, 0.5) is 5.13 Å². The number of amides is 1. The molecule has 27 heavy (non-hydrogen) atoms. The monoisotopic (exact) mass is 440 g/mol. The predicted molar refractivity (Wildman–Crippen MR) is 109 cm³/mol. The van der Waals surface area contributed by atoms with Crippen LogP contribution in [0.25, 0.3) is 11.3 Å². The average molecular weight is 441 g/mol. The van der Waals surface area contributed by atoms with Crippen molar-refractivity contribution in [3.05, 3.63) is 64.0 Å². The molecule has 1 aromatic heterocycles. The van der Waals surface area contributed by atoms with E-state index in [0.29, 0.717) is 26.4 Å². The van der Waals surface area contributed by atoms with Gasteiger partial charge in [-0.05, 0) is 30.3 Å². The summed E-state index contributed by atoms with van der Waals surface area (Å²) < 4.78 is 24.4. The van der Waals surface area contributed by atoms with Gasteiger partial charge in [-0.2, -0.15) is 0 Å². The number of hydrogen-bond acceptors (Lipinski definition) is 5. The third-order valence-electron chi connectivity index (χ3n) is 3.66. The Morgan fingerprint density at radius 3 is 2.56 bits per heavy atom. The van der Waals surface area contributed by atoms with E-state index in [4.69, 9.17) is 23.2 Å². The molecule has 3 aromatic rings. The average Bonchev–Trinajstić information content (AvgIpc) is 3.09. The minimum Gasteiger partial charge on any atom is -0.302 e. The lowest BCUT2D eigenvalue weighted by molar-refractivity contribution is -0.115. The first-order valence-corrected chi connectivity index (χ1v) is 11.1. The summed E-state index contributed by atoms with van der Waals surface area (Å²) in [4.78, 5) is 16.6. The molecule has 1 amide bonds. The van der Waals surface area contributed by atoms with E-state index in [1.165, 1.54) is 23.5 Å². The minimum atomic E-state index is -3.50. The molecular weight excluding hydrogens is 427 g/mol. The van der Waals surface area contributed by atoms with Crippen LogP contribution >= 0.6 is 34.5 Å². The van der Waals surface area contributed by atoms with Gasteiger partial charge in [0.05, 0.1) is 21.4 Å². The van der Waals surface area contributed by atoms with Gasteiger partial charge in [0.2, 0.25) is 5.91 Å². The summed E-state index contributed by atoms with van der Waals surface area (Å²) >= 11 is 13.3. The summed E-state index contributed by atoms with van der Waals surface area (Å²) in [6.07, 6.45) is -0.159. The Balaban J connectivity index is 1.63. The molecule has 0 fully saturated rings. The lowest BCUT2D eigenvalue weighted by Crippen LogP contribution is -2.17. The molecule has 0 aliphatic rings. The number of carbonyl (C=O) groups is 1. The summed E-state index contributed by atoms with van der Waals surface area (Å²) in [6.45, 7) is 0. The highest BCUT2D eigenvalue weighted by molar-refractivity contribution is 7.91. The van der Waals surface area contributed by atoms with Gasteiger partial charge < -0.3 is 5.32 Å². The van der Waals surface area contributed by atoms with Crippen LogP contribution in [0.5, 0.6) is 0 Å². The Morgan fingerprint density at radius 2 is 1.85 bits per heavy atom. The fourth-order valence-electron chi connectivity index (χ4n) is 2.31. The molecular formula is C18H14Cl2N2O3S2. The number of nitrogens with one attached hydrogen (secondary N) is 1. The fourth-order valence-corrected chi connectivity index (χ4v) is 4.80. The van der Waals surface area contributed by atoms with E-state index in [9.17, 15) is 13.2 Å². The van der Waals surface area contributed by atoms with Crippen molar-refractivity contribution in [1.82, 2.24) is 4.98 Å². The van der Waals surface area contributed by atoms with E-state index < -0.39 is 15.7 Å². The molecule has 0 unspecified atom stereocenters. The van der Waals surface area contributed by atoms with E-state index in [1.807, 2.05) is 0 Å². The summed E-state index contributed by atoms with van der Waals surface area (Å²) in [7, 11) is -3.50. The first-order valence-electron chi connectivity index (χ1n) is 7.84. The van der Waals surface area contributed by atoms with Crippen LogP contribution < -0.4 is 5.32 Å². The molecule has 0 atom stereocenters. The van der Waals surface area contributed by atoms with Gasteiger partial charge in [-0.15, -0.1) is 11.3 Å². The molecule has 5 nitrogen and oxygen atoms in total. The number of hydrogen-bond donors (Lipinski definition) is 1. The topological polar surface area (TPSA) is 76.1 Å². The van der Waals surface area contributed by atoms with Crippen LogP contribution in [-0.2, 0) is 14.6 Å². The molecule has 1 heterocycles. The van der Waals surface area contributed by atoms with Gasteiger partial charge in [-0.1, -0.05) is 41.4 Å². The highest BCUT2D eigenvalue weighted by Crippen LogP contribution is 2.32. The number of benzene rings is 2. The Hall–Kier alpha value is -1.93. The number of sulfone groups is 1. The zero-order valence-electron chi connectivity index (χ0n) is 13.9. The van der Waals surface area contributed by atoms with Crippen molar-refractivity contribution in [2.45, 2.75) is 11.3 Å². The lowest BCUT2D eigenvalue weighted by Gasteiger charge is -2.04. The number of nitrogens with zero attached hydrogens (tertiary/aromatic N) is 1. The molecule has 0 aliphatic carbocycles. The van der Waals surface area contributed by atoms with Crippen molar-refractivity contribution in [2.75, 3.05) is 11.1 Å². The maximum absolute atomic E-state index is 12.2. The van der Waals surface area contributed by atoms with Gasteiger partial charge in [0.1, 0.15) is 0 Å². The first-order chi connectivity index (χ1) is 12.8. The normalized spacial score (nSPS) is 11.3. The number of halogens is 2. The van der Waals surface area contributed by atoms with Crippen molar-refractivity contribution in [1.29, 1.82) is 0 Å². The molecule has 0 radical (unpaired) electrons. The van der Waals surface area contributed by atoms with Gasteiger partial charge >= 0.3 is 0 Å². The quantitative estimate of drug-likeness (QED) is 0.589. The molecule has 0 aliphatic heterocycles. The van der Waals surface area contributed by atoms with Crippen molar-refractivity contribution in [3.63, 3.8) is 0 Å². The third-order valence-corrected chi connectivity index (χ3v) is 6.70. The van der Waals surface area contributed by atoms with Crippen LogP contribution in [0.1, 0.15) is 6.42 Å². The third kappa shape index (κ3) is 5.07. The van der Waals surface area contributed by atoms with E-state index in [0.717, 1.165) is 0 Å². The zero-order chi connectivity index (χ0) is 19.4. The molecule has 9 heteroatoms. The number of rotatable bonds is 6. The van der Waals surface area contributed by atoms with Crippen LogP contribution in [0.3, 0.4) is 0 Å². The lowest BCUT2D eigenvalue weighted by atomic mass is 10.2. The van der Waals surface area contributed by atoms with Crippen molar-refractivity contribution >= 4 is 55.4 Å². The Labute approximate surface area is 170 Å². The second-order valence-electron chi connectivity index (χ2n) is 5.59. The maximum Gasteiger partial charge on any atom is 0.227 e. The van der Waals surface area contributed by atoms with Gasteiger partial charge in [0.25, 0.3) is 0 Å². The van der Waals surface area contributed by atoms with E-state index in [-0.39, 0.29) is 17.1 Å². The smallest absolute Gasteiger partial charge is 0.227 e. The van der Waals surface area contributed by atoms with Crippen LogP contribution in [0, 0.1) is 0 Å². The molecule has 0 saturated carbocycles. The second kappa shape index (κ2) is 8.39. The van der Waals surface area contributed by atoms with Gasteiger partial charge in [-0.25, -0.2) is 13.4 Å². The molecule has 0 spiro atoms. The fraction of sp³-hybridized carbons (Fsp3) is 0.111. The molecule has 3 rings (SSSR count). The summed E-state index contributed by atoms with van der Waals surface area (Å²) in [6, 6.07) is 13.1. The summed E-state index contributed by atoms with van der Waals surface area (Å²) in [5.74, 6) is -0.693. The van der Waals surface area contributed by atoms with E-state index in [2.05, 4.69) is 10.3 Å². The molecule has 140 valence electrons. The van der Waals surface area contributed by atoms with Crippen molar-refractivity contribution in [3.8, 4) is 11.3 Å². The summed E-state index contributed by atoms with van der Waals surface area (Å²) in [5, 5.41) is 5.73. The standard InChI is InChI=1S/C18H14Cl2N2O3S2/c19-12-6-7-14(15(20)10-12)16-11-26-18(21-16)22-17(23)8-9-27(24,25)13-4-2-1-3-5-13/h1-7,10-11H,8-9H2,(H,21,22,23). The first kappa shape index (κ1) is 19.8. The number of thiazole rings is 1. The highest BCUT2D eigenvalue weighted by Gasteiger charge is 2.17. The molecule has 1 N–H and O–H groups in total. The van der Waals surface area contributed by atoms with Gasteiger partial charge in [0.15, 0.2) is 15.0 Å². The van der Waals surface area contributed by atoms with Crippen LogP contribution in [0.2, 0.25) is 10.0 Å². The van der Waals surface area contributed by atoms with Crippen molar-refractivity contribution < 1.29 is 13.2 Å². The summed E-state index contributed by atoms with van der Waals surface area (Å²) in [5.41, 5.74) is 1.30. The molecule has 2 aromatic carbocycles. The second-order valence-corrected chi connectivity index (χ2v) is 9.40. The Bertz CT molecular complexity index is 1070. The van der Waals surface area contributed by atoms with E-state index in [1.54, 1.807) is 41.8 Å². The largest absolute Gasteiger partial charge is 0.302 e. The number of carbonyl (C=O) groups excluding carboxylic acids is 1. The van der Waals surface area contributed by atoms with Gasteiger partial charge in [0, 0.05) is 22.4 Å². The number of anilines is 1. The SMILES string of the molecule is O=C(CCS(=O)(=O)c1ccccc1)Nc1nc(-c2ccc(Cl)cc2Cl)cs1. The van der Waals surface area contributed by atoms with Crippen LogP contribution in [0.15, 0.2) is 58.8 Å². The highest BCUT2D eigenvalue weighted by atomic mass is 35.5. The Morgan fingerprint density at radius 1 is 1.11 bits per heavy atom. The number of aromatic nitrogens is 1. The maximum atomic E-state index is 12.2. The van der Waals surface area contributed by atoms with E-state index >= 15 is 0 Å². The van der Waals surface area contributed by atoms with Crippen LogP contribution in [-0.4, -0.2) is 25.1 Å². The Kier molecular flexibility index (Phi) is 6.16. The predicted octanol–water partition coefficient (Wildman–Crippen LogP) is 4.92. The minimum absolute atomic E-state index is 0.159. The van der Waals surface area contributed by atoms with Crippen molar-refractivity contribution in [2.24, 2.45) is 0 Å². The zero-order valence-corrected chi connectivity index (χ0v) is 17.0. The molecule has 0 bridgehead atoms. The van der Waals surface area contributed by atoms with Gasteiger partial charge in [-0.3, -0.25) is 4.79 Å². The molecule has 0 saturated heterocycles.